The molecule has 0 aromatic carbocycles. The number of H-pyrrole nitrogens is 1. The fourth-order valence-corrected chi connectivity index (χ4v) is 1.61. The van der Waals surface area contributed by atoms with Gasteiger partial charge < -0.3 is 17.2 Å². The van der Waals surface area contributed by atoms with E-state index in [2.05, 4.69) is 25.2 Å². The minimum absolute atomic E-state index is 0.0343. The number of aromatic nitrogens is 4. The molecule has 2 rings (SSSR count). The van der Waals surface area contributed by atoms with Gasteiger partial charge in [0.15, 0.2) is 11.8 Å². The molecule has 0 radical (unpaired) electrons. The Hall–Kier alpha value is -2.16. The summed E-state index contributed by atoms with van der Waals surface area (Å²) in [6.07, 6.45) is 0. The number of guanidine groups is 1. The topological polar surface area (TPSA) is 145 Å². The van der Waals surface area contributed by atoms with Gasteiger partial charge in [0.25, 0.3) is 0 Å². The molecule has 0 saturated heterocycles. The average Bonchev–Trinajstić information content (AvgIpc) is 2.72. The number of nitrogens with one attached hydrogen (secondary N) is 1. The van der Waals surface area contributed by atoms with E-state index >= 15 is 0 Å². The van der Waals surface area contributed by atoms with Gasteiger partial charge in [0.05, 0.1) is 0 Å². The highest BCUT2D eigenvalue weighted by Gasteiger charge is 2.07. The molecule has 0 saturated carbocycles. The number of hydrogen-bond donors (Lipinski definition) is 4. The van der Waals surface area contributed by atoms with E-state index in [0.717, 1.165) is 0 Å². The van der Waals surface area contributed by atoms with E-state index < -0.39 is 0 Å². The monoisotopic (exact) mass is 224 g/mol. The molecule has 0 unspecified atom stereocenters. The van der Waals surface area contributed by atoms with Gasteiger partial charge in [-0.3, -0.25) is 5.10 Å². The molecule has 2 heterocycles. The van der Waals surface area contributed by atoms with Crippen molar-refractivity contribution in [3.05, 3.63) is 5.38 Å². The first-order valence-corrected chi connectivity index (χ1v) is 4.76. The number of aromatic amines is 1. The van der Waals surface area contributed by atoms with Crippen LogP contribution in [0.3, 0.4) is 0 Å². The molecule has 0 aliphatic carbocycles. The molecule has 0 amide bonds. The fraction of sp³-hybridized carbons (Fsp3) is 0. The summed E-state index contributed by atoms with van der Waals surface area (Å²) in [7, 11) is 0. The van der Waals surface area contributed by atoms with Crippen molar-refractivity contribution in [1.82, 2.24) is 20.2 Å². The van der Waals surface area contributed by atoms with Crippen LogP contribution >= 0.6 is 11.3 Å². The first kappa shape index (κ1) is 9.40. The van der Waals surface area contributed by atoms with Crippen LogP contribution in [-0.2, 0) is 0 Å². The van der Waals surface area contributed by atoms with Gasteiger partial charge in [-0.1, -0.05) is 0 Å². The molecule has 0 fully saturated rings. The Labute approximate surface area is 88.2 Å². The molecule has 2 aromatic heterocycles. The smallest absolute Gasteiger partial charge is 0.239 e. The van der Waals surface area contributed by atoms with Gasteiger partial charge in [0.2, 0.25) is 11.1 Å². The number of nitrogens with two attached hydrogens (primary N) is 3. The van der Waals surface area contributed by atoms with Crippen molar-refractivity contribution in [3.8, 4) is 11.5 Å². The van der Waals surface area contributed by atoms with Crippen molar-refractivity contribution in [3.63, 3.8) is 0 Å². The number of rotatable bonds is 2. The molecule has 0 spiro atoms. The Balaban J connectivity index is 2.31. The summed E-state index contributed by atoms with van der Waals surface area (Å²) in [6.45, 7) is 0. The number of nitrogen functional groups attached to an aromatic ring is 1. The van der Waals surface area contributed by atoms with Crippen LogP contribution in [-0.4, -0.2) is 26.1 Å². The summed E-state index contributed by atoms with van der Waals surface area (Å²) in [5, 5.41) is 8.53. The predicted octanol–water partition coefficient (Wildman–Crippen LogP) is -0.585. The number of aliphatic imine (C=N–C) groups is 1. The van der Waals surface area contributed by atoms with E-state index in [1.54, 1.807) is 5.38 Å². The lowest BCUT2D eigenvalue weighted by Crippen LogP contribution is -2.21. The number of nitrogens with zero attached hydrogens (tertiary/aromatic N) is 4. The van der Waals surface area contributed by atoms with E-state index in [-0.39, 0.29) is 11.9 Å². The Morgan fingerprint density at radius 2 is 2.20 bits per heavy atom. The van der Waals surface area contributed by atoms with Gasteiger partial charge in [-0.25, -0.2) is 4.98 Å². The lowest BCUT2D eigenvalue weighted by atomic mass is 10.5. The van der Waals surface area contributed by atoms with Crippen LogP contribution in [0.15, 0.2) is 10.4 Å². The molecule has 0 atom stereocenters. The maximum Gasteiger partial charge on any atom is 0.239 e. The van der Waals surface area contributed by atoms with Crippen molar-refractivity contribution in [1.29, 1.82) is 0 Å². The van der Waals surface area contributed by atoms with Crippen molar-refractivity contribution >= 4 is 28.4 Å². The Kier molecular flexibility index (Phi) is 2.21. The first-order valence-electron chi connectivity index (χ1n) is 3.88. The maximum absolute atomic E-state index is 5.36. The van der Waals surface area contributed by atoms with Crippen molar-refractivity contribution in [2.75, 3.05) is 5.73 Å². The lowest BCUT2D eigenvalue weighted by molar-refractivity contribution is 1.10. The van der Waals surface area contributed by atoms with Gasteiger partial charge in [0, 0.05) is 5.38 Å². The normalized spacial score (nSPS) is 10.1. The molecule has 8 nitrogen and oxygen atoms in total. The van der Waals surface area contributed by atoms with Crippen LogP contribution in [0, 0.1) is 0 Å². The summed E-state index contributed by atoms with van der Waals surface area (Å²) < 4.78 is 0. The predicted molar refractivity (Wildman–Crippen MR) is 57.4 cm³/mol. The molecule has 15 heavy (non-hydrogen) atoms. The third-order valence-electron chi connectivity index (χ3n) is 1.46. The van der Waals surface area contributed by atoms with E-state index in [4.69, 9.17) is 17.2 Å². The molecule has 0 aliphatic rings. The fourth-order valence-electron chi connectivity index (χ4n) is 0.924. The number of anilines is 1. The van der Waals surface area contributed by atoms with E-state index in [1.165, 1.54) is 11.3 Å². The van der Waals surface area contributed by atoms with Crippen LogP contribution in [0.4, 0.5) is 11.1 Å². The highest BCUT2D eigenvalue weighted by atomic mass is 32.1. The second kappa shape index (κ2) is 3.53. The zero-order valence-electron chi connectivity index (χ0n) is 7.51. The quantitative estimate of drug-likeness (QED) is 0.396. The SMILES string of the molecule is NC(N)=Nc1nc(-c2nc(N)n[nH]2)cs1. The van der Waals surface area contributed by atoms with Gasteiger partial charge in [-0.15, -0.1) is 16.4 Å². The third-order valence-corrected chi connectivity index (χ3v) is 2.20. The molecule has 2 aromatic rings. The van der Waals surface area contributed by atoms with Crippen LogP contribution in [0.2, 0.25) is 0 Å². The average molecular weight is 224 g/mol. The van der Waals surface area contributed by atoms with Crippen LogP contribution in [0.1, 0.15) is 0 Å². The molecule has 9 heteroatoms. The first-order chi connectivity index (χ1) is 7.15. The van der Waals surface area contributed by atoms with Gasteiger partial charge in [0.1, 0.15) is 5.69 Å². The van der Waals surface area contributed by atoms with Crippen molar-refractivity contribution in [2.45, 2.75) is 0 Å². The zero-order valence-corrected chi connectivity index (χ0v) is 8.32. The van der Waals surface area contributed by atoms with Gasteiger partial charge >= 0.3 is 0 Å². The van der Waals surface area contributed by atoms with E-state index in [9.17, 15) is 0 Å². The standard InChI is InChI=1S/C6H8N8S/c7-4(8)12-6-10-2(1-15-6)3-11-5(9)14-13-3/h1H,(H4,7,8,10,12)(H3,9,11,13,14). The maximum atomic E-state index is 5.36. The highest BCUT2D eigenvalue weighted by Crippen LogP contribution is 2.24. The van der Waals surface area contributed by atoms with Crippen LogP contribution in [0.5, 0.6) is 0 Å². The van der Waals surface area contributed by atoms with Gasteiger partial charge in [-0.05, 0) is 0 Å². The minimum Gasteiger partial charge on any atom is -0.370 e. The summed E-state index contributed by atoms with van der Waals surface area (Å²) in [6, 6.07) is 0. The van der Waals surface area contributed by atoms with E-state index in [0.29, 0.717) is 16.6 Å². The summed E-state index contributed by atoms with van der Waals surface area (Å²) in [5.74, 6) is 0.621. The number of thiazole rings is 1. The zero-order chi connectivity index (χ0) is 10.8. The molecular weight excluding hydrogens is 216 g/mol. The Bertz CT molecular complexity index is 493. The highest BCUT2D eigenvalue weighted by molar-refractivity contribution is 7.13. The summed E-state index contributed by atoms with van der Waals surface area (Å²) in [5.41, 5.74) is 16.4. The number of hydrogen-bond acceptors (Lipinski definition) is 6. The summed E-state index contributed by atoms with van der Waals surface area (Å²) >= 11 is 1.29. The van der Waals surface area contributed by atoms with Crippen molar-refractivity contribution in [2.24, 2.45) is 16.5 Å². The second-order valence-corrected chi connectivity index (χ2v) is 3.43. The molecule has 0 bridgehead atoms. The van der Waals surface area contributed by atoms with Gasteiger partial charge in [-0.2, -0.15) is 9.98 Å². The Morgan fingerprint density at radius 1 is 1.40 bits per heavy atom. The Morgan fingerprint density at radius 3 is 2.80 bits per heavy atom. The summed E-state index contributed by atoms with van der Waals surface area (Å²) in [4.78, 5) is 11.8. The van der Waals surface area contributed by atoms with E-state index in [1.807, 2.05) is 0 Å². The van der Waals surface area contributed by atoms with Crippen molar-refractivity contribution < 1.29 is 0 Å². The van der Waals surface area contributed by atoms with Crippen LogP contribution in [0.25, 0.3) is 11.5 Å². The lowest BCUT2D eigenvalue weighted by Gasteiger charge is -1.87. The van der Waals surface area contributed by atoms with Crippen LogP contribution < -0.4 is 17.2 Å². The molecule has 7 N–H and O–H groups in total. The minimum atomic E-state index is -0.0343. The molecule has 78 valence electrons. The molecule has 0 aliphatic heterocycles. The largest absolute Gasteiger partial charge is 0.370 e. The molecular formula is C6H8N8S. The second-order valence-electron chi connectivity index (χ2n) is 2.59. The third kappa shape index (κ3) is 2.02.